The van der Waals surface area contributed by atoms with Crippen molar-refractivity contribution in [2.45, 2.75) is 37.0 Å². The first-order valence-electron chi connectivity index (χ1n) is 14.0. The fourth-order valence-corrected chi connectivity index (χ4v) is 6.41. The number of likely N-dealkylation sites (N-methyl/N-ethyl adjacent to an activating group) is 1. The van der Waals surface area contributed by atoms with Crippen LogP contribution in [0.4, 0.5) is 18.9 Å². The number of amides is 2. The van der Waals surface area contributed by atoms with E-state index < -0.39 is 56.9 Å². The fraction of sp³-hybridized carbons (Fsp3) is 0.212. The van der Waals surface area contributed by atoms with E-state index in [1.54, 1.807) is 67.6 Å². The number of nitrogens with zero attached hydrogens (tertiary/aromatic N) is 2. The lowest BCUT2D eigenvalue weighted by Crippen LogP contribution is -2.53. The van der Waals surface area contributed by atoms with Crippen LogP contribution in [0.2, 0.25) is 5.02 Å². The minimum absolute atomic E-state index is 0.0675. The van der Waals surface area contributed by atoms with Crippen LogP contribution in [-0.4, -0.2) is 44.3 Å². The summed E-state index contributed by atoms with van der Waals surface area (Å²) in [5.41, 5.74) is -0.258. The van der Waals surface area contributed by atoms with Gasteiger partial charge < -0.3 is 10.2 Å². The number of sulfonamides is 1. The largest absolute Gasteiger partial charge is 0.417 e. The normalized spacial score (nSPS) is 12.3. The summed E-state index contributed by atoms with van der Waals surface area (Å²) in [6, 6.07) is 26.5. The second kappa shape index (κ2) is 14.6. The van der Waals surface area contributed by atoms with E-state index in [4.69, 9.17) is 11.6 Å². The molecule has 236 valence electrons. The first-order valence-corrected chi connectivity index (χ1v) is 15.8. The first kappa shape index (κ1) is 33.5. The lowest BCUT2D eigenvalue weighted by Gasteiger charge is -2.34. The minimum Gasteiger partial charge on any atom is -0.355 e. The van der Waals surface area contributed by atoms with Gasteiger partial charge in [-0.2, -0.15) is 13.2 Å². The number of carbonyl (C=O) groups excluding carboxylic acids is 2. The number of anilines is 1. The first-order chi connectivity index (χ1) is 21.4. The summed E-state index contributed by atoms with van der Waals surface area (Å²) in [5, 5.41) is 2.13. The molecule has 1 N–H and O–H groups in total. The van der Waals surface area contributed by atoms with E-state index in [-0.39, 0.29) is 24.4 Å². The van der Waals surface area contributed by atoms with Crippen LogP contribution < -0.4 is 9.62 Å². The van der Waals surface area contributed by atoms with Gasteiger partial charge in [0.25, 0.3) is 10.0 Å². The Labute approximate surface area is 265 Å². The van der Waals surface area contributed by atoms with Gasteiger partial charge in [0.2, 0.25) is 11.8 Å². The number of nitrogens with one attached hydrogen (secondary N) is 1. The summed E-state index contributed by atoms with van der Waals surface area (Å²) in [7, 11) is -4.57. The highest BCUT2D eigenvalue weighted by Gasteiger charge is 2.37. The third-order valence-corrected chi connectivity index (χ3v) is 9.09. The SMILES string of the molecule is CCNC(=O)[C@H](Cc1ccccc1)N(Cc1ccccc1)C(=O)CN(c1ccc(Cl)c(C(F)(F)F)c1)S(=O)(=O)c1ccccc1. The van der Waals surface area contributed by atoms with E-state index in [2.05, 4.69) is 5.32 Å². The van der Waals surface area contributed by atoms with Gasteiger partial charge >= 0.3 is 6.18 Å². The van der Waals surface area contributed by atoms with Crippen LogP contribution in [0.25, 0.3) is 0 Å². The van der Waals surface area contributed by atoms with Crippen LogP contribution in [-0.2, 0) is 38.8 Å². The van der Waals surface area contributed by atoms with Gasteiger partial charge in [-0.15, -0.1) is 0 Å². The molecule has 0 saturated heterocycles. The Hall–Kier alpha value is -4.35. The lowest BCUT2D eigenvalue weighted by molar-refractivity contribution is -0.140. The molecule has 12 heteroatoms. The molecular formula is C33H31ClF3N3O4S. The van der Waals surface area contributed by atoms with Crippen molar-refractivity contribution in [1.29, 1.82) is 0 Å². The summed E-state index contributed by atoms with van der Waals surface area (Å²) in [5.74, 6) is -1.26. The van der Waals surface area contributed by atoms with Gasteiger partial charge in [0.05, 0.1) is 21.2 Å². The molecule has 0 heterocycles. The number of rotatable bonds is 12. The second-order valence-corrected chi connectivity index (χ2v) is 12.4. The quantitative estimate of drug-likeness (QED) is 0.193. The van der Waals surface area contributed by atoms with E-state index >= 15 is 0 Å². The number of hydrogen-bond acceptors (Lipinski definition) is 4. The van der Waals surface area contributed by atoms with Crippen molar-refractivity contribution in [2.75, 3.05) is 17.4 Å². The second-order valence-electron chi connectivity index (χ2n) is 10.1. The van der Waals surface area contributed by atoms with E-state index in [1.807, 2.05) is 6.07 Å². The Morgan fingerprint density at radius 2 is 1.40 bits per heavy atom. The van der Waals surface area contributed by atoms with E-state index in [0.29, 0.717) is 15.9 Å². The molecular weight excluding hydrogens is 627 g/mol. The Kier molecular flexibility index (Phi) is 10.9. The van der Waals surface area contributed by atoms with Crippen molar-refractivity contribution in [3.8, 4) is 0 Å². The smallest absolute Gasteiger partial charge is 0.355 e. The topological polar surface area (TPSA) is 86.8 Å². The number of benzene rings is 4. The van der Waals surface area contributed by atoms with Gasteiger partial charge in [-0.3, -0.25) is 13.9 Å². The van der Waals surface area contributed by atoms with Crippen LogP contribution in [0.15, 0.2) is 114 Å². The molecule has 2 amide bonds. The lowest BCUT2D eigenvalue weighted by atomic mass is 10.0. The molecule has 0 fully saturated rings. The van der Waals surface area contributed by atoms with Crippen molar-refractivity contribution in [3.05, 3.63) is 131 Å². The van der Waals surface area contributed by atoms with Crippen LogP contribution in [0.3, 0.4) is 0 Å². The molecule has 4 aromatic rings. The predicted octanol–water partition coefficient (Wildman–Crippen LogP) is 6.33. The van der Waals surface area contributed by atoms with Crippen LogP contribution in [0, 0.1) is 0 Å². The summed E-state index contributed by atoms with van der Waals surface area (Å²) in [6.45, 7) is 1.04. The van der Waals surface area contributed by atoms with Gasteiger partial charge in [0.15, 0.2) is 0 Å². The standard InChI is InChI=1S/C33H31ClF3N3O4S/c1-2-38-32(42)30(20-24-12-6-3-7-13-24)39(22-25-14-8-4-9-15-25)31(41)23-40(45(43,44)27-16-10-5-11-17-27)26-18-19-29(34)28(21-26)33(35,36)37/h3-19,21,30H,2,20,22-23H2,1H3,(H,38,42)/t30-/m0/s1. The fourth-order valence-electron chi connectivity index (χ4n) is 4.76. The Morgan fingerprint density at radius 3 is 1.96 bits per heavy atom. The molecule has 0 bridgehead atoms. The Bertz CT molecular complexity index is 1710. The van der Waals surface area contributed by atoms with E-state index in [1.165, 1.54) is 29.2 Å². The van der Waals surface area contributed by atoms with E-state index in [9.17, 15) is 31.2 Å². The molecule has 0 aliphatic carbocycles. The maximum atomic E-state index is 14.3. The highest BCUT2D eigenvalue weighted by atomic mass is 35.5. The monoisotopic (exact) mass is 657 g/mol. The number of carbonyl (C=O) groups is 2. The van der Waals surface area contributed by atoms with Gasteiger partial charge in [-0.1, -0.05) is 90.5 Å². The van der Waals surface area contributed by atoms with Gasteiger partial charge in [-0.25, -0.2) is 8.42 Å². The minimum atomic E-state index is -4.89. The molecule has 4 rings (SSSR count). The zero-order valence-corrected chi connectivity index (χ0v) is 25.8. The van der Waals surface area contributed by atoms with E-state index in [0.717, 1.165) is 17.7 Å². The van der Waals surface area contributed by atoms with Crippen molar-refractivity contribution in [3.63, 3.8) is 0 Å². The number of alkyl halides is 3. The Balaban J connectivity index is 1.83. The summed E-state index contributed by atoms with van der Waals surface area (Å²) in [6.07, 6.45) is -4.78. The summed E-state index contributed by atoms with van der Waals surface area (Å²) in [4.78, 5) is 28.8. The molecule has 0 spiro atoms. The number of hydrogen-bond donors (Lipinski definition) is 1. The molecule has 45 heavy (non-hydrogen) atoms. The summed E-state index contributed by atoms with van der Waals surface area (Å²) >= 11 is 5.84. The van der Waals surface area contributed by atoms with Gasteiger partial charge in [0.1, 0.15) is 12.6 Å². The van der Waals surface area contributed by atoms with Crippen molar-refractivity contribution in [2.24, 2.45) is 0 Å². The average molecular weight is 658 g/mol. The number of halogens is 4. The van der Waals surface area contributed by atoms with Gasteiger partial charge in [-0.05, 0) is 48.4 Å². The molecule has 0 unspecified atom stereocenters. The average Bonchev–Trinajstić information content (AvgIpc) is 3.02. The zero-order chi connectivity index (χ0) is 32.6. The molecule has 1 atom stereocenters. The third kappa shape index (κ3) is 8.43. The van der Waals surface area contributed by atoms with Crippen LogP contribution in [0.5, 0.6) is 0 Å². The molecule has 0 aliphatic heterocycles. The van der Waals surface area contributed by atoms with Crippen LogP contribution in [0.1, 0.15) is 23.6 Å². The maximum Gasteiger partial charge on any atom is 0.417 e. The Morgan fingerprint density at radius 1 is 0.844 bits per heavy atom. The maximum absolute atomic E-state index is 14.3. The highest BCUT2D eigenvalue weighted by molar-refractivity contribution is 7.92. The molecule has 4 aromatic carbocycles. The van der Waals surface area contributed by atoms with Crippen LogP contribution >= 0.6 is 11.6 Å². The molecule has 0 aliphatic rings. The summed E-state index contributed by atoms with van der Waals surface area (Å²) < 4.78 is 70.1. The molecule has 0 aromatic heterocycles. The van der Waals surface area contributed by atoms with Crippen molar-refractivity contribution in [1.82, 2.24) is 10.2 Å². The predicted molar refractivity (Wildman–Crippen MR) is 167 cm³/mol. The zero-order valence-electron chi connectivity index (χ0n) is 24.2. The molecule has 7 nitrogen and oxygen atoms in total. The highest BCUT2D eigenvalue weighted by Crippen LogP contribution is 2.38. The van der Waals surface area contributed by atoms with Crippen molar-refractivity contribution < 1.29 is 31.2 Å². The molecule has 0 saturated carbocycles. The van der Waals surface area contributed by atoms with Crippen molar-refractivity contribution >= 4 is 39.1 Å². The molecule has 0 radical (unpaired) electrons. The van der Waals surface area contributed by atoms with Gasteiger partial charge in [0, 0.05) is 19.5 Å². The third-order valence-electron chi connectivity index (χ3n) is 6.97.